The number of likely N-dealkylation sites (N-methyl/N-ethyl adjacent to an activating group) is 1. The number of halogens is 1. The van der Waals surface area contributed by atoms with Crippen LogP contribution >= 0.6 is 15.9 Å². The molecule has 10 heteroatoms. The molecule has 0 heterocycles. The van der Waals surface area contributed by atoms with Crippen molar-refractivity contribution in [2.75, 3.05) is 26.1 Å². The molecule has 0 saturated carbocycles. The van der Waals surface area contributed by atoms with E-state index in [1.165, 1.54) is 20.4 Å². The molecule has 2 rings (SSSR count). The topological polar surface area (TPSA) is 118 Å². The molecule has 2 aromatic rings. The van der Waals surface area contributed by atoms with Crippen LogP contribution in [-0.4, -0.2) is 44.7 Å². The smallest absolute Gasteiger partial charge is 0.329 e. The number of nitrogens with zero attached hydrogens (tertiary/aromatic N) is 1. The molecular weight excluding hydrogens is 480 g/mol. The number of amides is 3. The van der Waals surface area contributed by atoms with Gasteiger partial charge in [-0.05, 0) is 65.5 Å². The third kappa shape index (κ3) is 6.55. The molecule has 0 aromatic heterocycles. The third-order valence-electron chi connectivity index (χ3n) is 4.35. The maximum absolute atomic E-state index is 12.5. The molecule has 0 saturated heterocycles. The Hall–Kier alpha value is -3.40. The van der Waals surface area contributed by atoms with Gasteiger partial charge in [0.25, 0.3) is 5.91 Å². The standard InChI is InChI=1S/C22H25BrN4O5/c1-12-6-13(2)19(14(3)7-12)26-18(28)11-32-20-16(23)8-15(9-17(20)31-5)10-25-27-22(30)21(29)24-4/h6-10H,11H2,1-5H3,(H,24,29)(H,26,28)(H,27,30)/b25-10-. The second-order valence-electron chi connectivity index (χ2n) is 6.92. The van der Waals surface area contributed by atoms with Crippen molar-refractivity contribution in [2.45, 2.75) is 20.8 Å². The number of benzene rings is 2. The molecule has 0 aliphatic rings. The van der Waals surface area contributed by atoms with Gasteiger partial charge in [-0.25, -0.2) is 5.43 Å². The van der Waals surface area contributed by atoms with Gasteiger partial charge in [0.1, 0.15) is 0 Å². The molecule has 0 spiro atoms. The van der Waals surface area contributed by atoms with Crippen LogP contribution in [0.1, 0.15) is 22.3 Å². The predicted molar refractivity (Wildman–Crippen MR) is 125 cm³/mol. The Balaban J connectivity index is 2.08. The number of nitrogens with one attached hydrogen (secondary N) is 3. The summed E-state index contributed by atoms with van der Waals surface area (Å²) in [4.78, 5) is 35.0. The number of carbonyl (C=O) groups is 3. The van der Waals surface area contributed by atoms with Gasteiger partial charge in [-0.1, -0.05) is 17.7 Å². The summed E-state index contributed by atoms with van der Waals surface area (Å²) < 4.78 is 11.6. The van der Waals surface area contributed by atoms with Gasteiger partial charge in [-0.3, -0.25) is 14.4 Å². The SMILES string of the molecule is CNC(=O)C(=O)N/N=C\c1cc(Br)c(OCC(=O)Nc2c(C)cc(C)cc2C)c(OC)c1. The fourth-order valence-corrected chi connectivity index (χ4v) is 3.55. The summed E-state index contributed by atoms with van der Waals surface area (Å²) >= 11 is 3.39. The lowest BCUT2D eigenvalue weighted by Crippen LogP contribution is -2.35. The number of hydrazone groups is 1. The molecule has 0 fully saturated rings. The van der Waals surface area contributed by atoms with Crippen LogP contribution in [0.15, 0.2) is 33.8 Å². The maximum Gasteiger partial charge on any atom is 0.329 e. The summed E-state index contributed by atoms with van der Waals surface area (Å²) in [5.74, 6) is -1.31. The number of hydrogen-bond donors (Lipinski definition) is 3. The number of ether oxygens (including phenoxy) is 2. The molecule has 2 aromatic carbocycles. The number of rotatable bonds is 7. The monoisotopic (exact) mass is 504 g/mol. The van der Waals surface area contributed by atoms with Gasteiger partial charge < -0.3 is 20.1 Å². The van der Waals surface area contributed by atoms with Crippen molar-refractivity contribution in [3.05, 3.63) is 51.0 Å². The molecule has 32 heavy (non-hydrogen) atoms. The molecule has 0 aliphatic heterocycles. The van der Waals surface area contributed by atoms with E-state index >= 15 is 0 Å². The number of carbonyl (C=O) groups excluding carboxylic acids is 3. The van der Waals surface area contributed by atoms with Gasteiger partial charge in [0, 0.05) is 12.7 Å². The first-order valence-electron chi connectivity index (χ1n) is 9.59. The van der Waals surface area contributed by atoms with E-state index in [1.807, 2.05) is 32.9 Å². The maximum atomic E-state index is 12.5. The Labute approximate surface area is 194 Å². The van der Waals surface area contributed by atoms with Crippen molar-refractivity contribution in [3.8, 4) is 11.5 Å². The van der Waals surface area contributed by atoms with Crippen LogP contribution in [0.2, 0.25) is 0 Å². The lowest BCUT2D eigenvalue weighted by Gasteiger charge is -2.15. The fourth-order valence-electron chi connectivity index (χ4n) is 2.97. The quantitative estimate of drug-likeness (QED) is 0.304. The van der Waals surface area contributed by atoms with Crippen LogP contribution < -0.4 is 25.5 Å². The molecule has 3 amide bonds. The van der Waals surface area contributed by atoms with E-state index in [0.717, 1.165) is 22.4 Å². The van der Waals surface area contributed by atoms with Gasteiger partial charge in [0.15, 0.2) is 18.1 Å². The van der Waals surface area contributed by atoms with Crippen molar-refractivity contribution in [1.82, 2.24) is 10.7 Å². The summed E-state index contributed by atoms with van der Waals surface area (Å²) in [6.07, 6.45) is 1.34. The van der Waals surface area contributed by atoms with Gasteiger partial charge in [-0.2, -0.15) is 5.10 Å². The molecule has 0 unspecified atom stereocenters. The second kappa shape index (κ2) is 11.3. The fraction of sp³-hybridized carbons (Fsp3) is 0.273. The largest absolute Gasteiger partial charge is 0.493 e. The van der Waals surface area contributed by atoms with E-state index in [9.17, 15) is 14.4 Å². The summed E-state index contributed by atoms with van der Waals surface area (Å²) in [6.45, 7) is 5.65. The van der Waals surface area contributed by atoms with E-state index in [2.05, 4.69) is 37.1 Å². The number of methoxy groups -OCH3 is 1. The summed E-state index contributed by atoms with van der Waals surface area (Å²) in [7, 11) is 2.80. The molecule has 0 radical (unpaired) electrons. The minimum absolute atomic E-state index is 0.225. The van der Waals surface area contributed by atoms with Gasteiger partial charge in [0.05, 0.1) is 17.8 Å². The van der Waals surface area contributed by atoms with Crippen molar-refractivity contribution in [1.29, 1.82) is 0 Å². The Morgan fingerprint density at radius 3 is 2.31 bits per heavy atom. The van der Waals surface area contributed by atoms with Crippen LogP contribution in [0.5, 0.6) is 11.5 Å². The van der Waals surface area contributed by atoms with E-state index in [1.54, 1.807) is 12.1 Å². The van der Waals surface area contributed by atoms with Crippen molar-refractivity contribution in [3.63, 3.8) is 0 Å². The first-order chi connectivity index (χ1) is 15.2. The van der Waals surface area contributed by atoms with Gasteiger partial charge >= 0.3 is 11.8 Å². The molecular formula is C22H25BrN4O5. The van der Waals surface area contributed by atoms with E-state index in [0.29, 0.717) is 21.5 Å². The minimum Gasteiger partial charge on any atom is -0.493 e. The highest BCUT2D eigenvalue weighted by Gasteiger charge is 2.15. The van der Waals surface area contributed by atoms with E-state index in [-0.39, 0.29) is 12.5 Å². The average molecular weight is 505 g/mol. The van der Waals surface area contributed by atoms with Crippen LogP contribution in [0, 0.1) is 20.8 Å². The minimum atomic E-state index is -0.889. The normalized spacial score (nSPS) is 10.6. The highest BCUT2D eigenvalue weighted by molar-refractivity contribution is 9.10. The lowest BCUT2D eigenvalue weighted by atomic mass is 10.1. The molecule has 170 valence electrons. The molecule has 0 aliphatic carbocycles. The zero-order valence-electron chi connectivity index (χ0n) is 18.5. The summed E-state index contributed by atoms with van der Waals surface area (Å²) in [5, 5.41) is 8.81. The Bertz CT molecular complexity index is 1050. The van der Waals surface area contributed by atoms with Crippen molar-refractivity contribution >= 4 is 45.6 Å². The zero-order valence-corrected chi connectivity index (χ0v) is 20.0. The van der Waals surface area contributed by atoms with Crippen molar-refractivity contribution < 1.29 is 23.9 Å². The molecule has 0 bridgehead atoms. The molecule has 3 N–H and O–H groups in total. The third-order valence-corrected chi connectivity index (χ3v) is 4.94. The second-order valence-corrected chi connectivity index (χ2v) is 7.78. The number of anilines is 1. The molecule has 9 nitrogen and oxygen atoms in total. The van der Waals surface area contributed by atoms with Crippen LogP contribution in [0.3, 0.4) is 0 Å². The highest BCUT2D eigenvalue weighted by atomic mass is 79.9. The highest BCUT2D eigenvalue weighted by Crippen LogP contribution is 2.36. The van der Waals surface area contributed by atoms with E-state index < -0.39 is 11.8 Å². The molecule has 0 atom stereocenters. The Morgan fingerprint density at radius 2 is 1.72 bits per heavy atom. The number of aryl methyl sites for hydroxylation is 3. The van der Waals surface area contributed by atoms with Crippen molar-refractivity contribution in [2.24, 2.45) is 5.10 Å². The van der Waals surface area contributed by atoms with Crippen LogP contribution in [-0.2, 0) is 14.4 Å². The van der Waals surface area contributed by atoms with E-state index in [4.69, 9.17) is 9.47 Å². The Kier molecular flexibility index (Phi) is 8.77. The summed E-state index contributed by atoms with van der Waals surface area (Å²) in [6, 6.07) is 7.28. The van der Waals surface area contributed by atoms with Crippen LogP contribution in [0.4, 0.5) is 5.69 Å². The number of hydrogen-bond acceptors (Lipinski definition) is 6. The van der Waals surface area contributed by atoms with Gasteiger partial charge in [-0.15, -0.1) is 0 Å². The predicted octanol–water partition coefficient (Wildman–Crippen LogP) is 2.60. The lowest BCUT2D eigenvalue weighted by molar-refractivity contribution is -0.138. The Morgan fingerprint density at radius 1 is 1.06 bits per heavy atom. The average Bonchev–Trinajstić information content (AvgIpc) is 2.74. The first-order valence-corrected chi connectivity index (χ1v) is 10.4. The first kappa shape index (κ1) is 24.9. The summed E-state index contributed by atoms with van der Waals surface area (Å²) in [5.41, 5.74) is 6.51. The van der Waals surface area contributed by atoms with Crippen LogP contribution in [0.25, 0.3) is 0 Å². The van der Waals surface area contributed by atoms with Gasteiger partial charge in [0.2, 0.25) is 0 Å². The zero-order chi connectivity index (χ0) is 23.8.